The van der Waals surface area contributed by atoms with E-state index in [1.54, 1.807) is 18.3 Å². The Morgan fingerprint density at radius 2 is 2.25 bits per heavy atom. The number of aryl methyl sites for hydroxylation is 1. The molecule has 0 aliphatic rings. The summed E-state index contributed by atoms with van der Waals surface area (Å²) in [5.41, 5.74) is 2.26. The number of thiophene rings is 1. The normalized spacial score (nSPS) is 10.8. The minimum Gasteiger partial charge on any atom is -0.266 e. The monoisotopic (exact) mass is 287 g/mol. The summed E-state index contributed by atoms with van der Waals surface area (Å²) < 4.78 is 1.43. The summed E-state index contributed by atoms with van der Waals surface area (Å²) in [6.45, 7) is 6.53. The molecule has 0 saturated heterocycles. The Morgan fingerprint density at radius 1 is 1.50 bits per heavy atom. The minimum absolute atomic E-state index is 0.199. The van der Waals surface area contributed by atoms with Crippen LogP contribution in [0.25, 0.3) is 11.3 Å². The topological polar surface area (TPSA) is 58.7 Å². The lowest BCUT2D eigenvalue weighted by Gasteiger charge is -2.11. The number of aromatic nitrogens is 2. The van der Waals surface area contributed by atoms with E-state index in [9.17, 15) is 10.1 Å². The Hall–Kier alpha value is -1.93. The molecular weight excluding hydrogens is 270 g/mol. The van der Waals surface area contributed by atoms with Crippen LogP contribution in [-0.4, -0.2) is 9.78 Å². The molecule has 0 bridgehead atoms. The summed E-state index contributed by atoms with van der Waals surface area (Å²) in [4.78, 5) is 12.2. The Kier molecular flexibility index (Phi) is 4.35. The van der Waals surface area contributed by atoms with Crippen molar-refractivity contribution >= 4 is 11.3 Å². The molecule has 0 amide bonds. The molecule has 104 valence electrons. The summed E-state index contributed by atoms with van der Waals surface area (Å²) in [7, 11) is 0. The van der Waals surface area contributed by atoms with E-state index >= 15 is 0 Å². The molecule has 0 unspecified atom stereocenters. The van der Waals surface area contributed by atoms with Crippen LogP contribution in [0.1, 0.15) is 31.4 Å². The van der Waals surface area contributed by atoms with Crippen molar-refractivity contribution in [1.29, 1.82) is 5.26 Å². The van der Waals surface area contributed by atoms with Gasteiger partial charge in [0.2, 0.25) is 0 Å². The largest absolute Gasteiger partial charge is 0.284 e. The summed E-state index contributed by atoms with van der Waals surface area (Å²) in [6.07, 6.45) is 0.865. The van der Waals surface area contributed by atoms with Crippen molar-refractivity contribution in [3.63, 3.8) is 0 Å². The van der Waals surface area contributed by atoms with Crippen LogP contribution in [0, 0.1) is 24.2 Å². The van der Waals surface area contributed by atoms with Gasteiger partial charge in [-0.05, 0) is 30.7 Å². The number of hydrogen-bond acceptors (Lipinski definition) is 4. The molecule has 0 aromatic carbocycles. The second-order valence-electron chi connectivity index (χ2n) is 5.18. The van der Waals surface area contributed by atoms with E-state index in [0.717, 1.165) is 17.7 Å². The van der Waals surface area contributed by atoms with E-state index in [0.29, 0.717) is 18.0 Å². The van der Waals surface area contributed by atoms with Gasteiger partial charge >= 0.3 is 0 Å². The molecule has 2 aromatic heterocycles. The van der Waals surface area contributed by atoms with Gasteiger partial charge in [0, 0.05) is 23.1 Å². The van der Waals surface area contributed by atoms with E-state index in [4.69, 9.17) is 0 Å². The van der Waals surface area contributed by atoms with Crippen LogP contribution in [0.5, 0.6) is 0 Å². The fourth-order valence-corrected chi connectivity index (χ4v) is 2.63. The van der Waals surface area contributed by atoms with Gasteiger partial charge in [-0.15, -0.1) is 0 Å². The lowest BCUT2D eigenvalue weighted by molar-refractivity contribution is 0.471. The maximum absolute atomic E-state index is 12.2. The van der Waals surface area contributed by atoms with Gasteiger partial charge in [0.25, 0.3) is 5.56 Å². The van der Waals surface area contributed by atoms with Gasteiger partial charge in [-0.2, -0.15) is 21.7 Å². The molecule has 2 aromatic rings. The molecular formula is C15H17N3OS. The molecule has 0 aliphatic carbocycles. The van der Waals surface area contributed by atoms with E-state index in [1.165, 1.54) is 4.68 Å². The predicted octanol–water partition coefficient (Wildman–Crippen LogP) is 3.20. The molecule has 0 saturated carbocycles. The second-order valence-corrected chi connectivity index (χ2v) is 5.96. The molecule has 2 heterocycles. The van der Waals surface area contributed by atoms with Crippen molar-refractivity contribution in [2.75, 3.05) is 0 Å². The first kappa shape index (κ1) is 14.5. The standard InChI is InChI=1S/C15H17N3OS/c1-10(2)4-6-18-15(19)13(8-16)11(3)14(17-18)12-5-7-20-9-12/h5,7,9-10H,4,6H2,1-3H3. The van der Waals surface area contributed by atoms with E-state index in [2.05, 4.69) is 18.9 Å². The zero-order valence-corrected chi connectivity index (χ0v) is 12.7. The van der Waals surface area contributed by atoms with Crippen molar-refractivity contribution in [2.24, 2.45) is 5.92 Å². The average Bonchev–Trinajstić information content (AvgIpc) is 2.92. The van der Waals surface area contributed by atoms with Crippen LogP contribution in [0.2, 0.25) is 0 Å². The van der Waals surface area contributed by atoms with Gasteiger partial charge in [-0.25, -0.2) is 4.68 Å². The zero-order valence-electron chi connectivity index (χ0n) is 11.9. The molecule has 0 aliphatic heterocycles. The van der Waals surface area contributed by atoms with Crippen molar-refractivity contribution in [1.82, 2.24) is 9.78 Å². The molecule has 0 atom stereocenters. The van der Waals surface area contributed by atoms with Gasteiger partial charge in [0.1, 0.15) is 11.6 Å². The zero-order chi connectivity index (χ0) is 14.7. The second kappa shape index (κ2) is 6.02. The fourth-order valence-electron chi connectivity index (χ4n) is 1.99. The first-order valence-electron chi connectivity index (χ1n) is 6.59. The Labute approximate surface area is 122 Å². The van der Waals surface area contributed by atoms with E-state index < -0.39 is 0 Å². The number of rotatable bonds is 4. The molecule has 0 N–H and O–H groups in total. The first-order valence-corrected chi connectivity index (χ1v) is 7.53. The number of hydrogen-bond donors (Lipinski definition) is 0. The summed E-state index contributed by atoms with van der Waals surface area (Å²) in [6, 6.07) is 3.98. The van der Waals surface area contributed by atoms with Gasteiger partial charge in [-0.1, -0.05) is 13.8 Å². The molecule has 2 rings (SSSR count). The quantitative estimate of drug-likeness (QED) is 0.867. The highest BCUT2D eigenvalue weighted by Crippen LogP contribution is 2.23. The molecule has 5 heteroatoms. The van der Waals surface area contributed by atoms with Crippen molar-refractivity contribution in [3.8, 4) is 17.3 Å². The van der Waals surface area contributed by atoms with E-state index in [-0.39, 0.29) is 11.1 Å². The fraction of sp³-hybridized carbons (Fsp3) is 0.400. The molecule has 20 heavy (non-hydrogen) atoms. The minimum atomic E-state index is -0.287. The third-order valence-electron chi connectivity index (χ3n) is 3.22. The van der Waals surface area contributed by atoms with Crippen LogP contribution in [0.4, 0.5) is 0 Å². The van der Waals surface area contributed by atoms with Crippen LogP contribution in [0.15, 0.2) is 21.6 Å². The third-order valence-corrected chi connectivity index (χ3v) is 3.91. The SMILES string of the molecule is Cc1c(-c2ccsc2)nn(CCC(C)C)c(=O)c1C#N. The molecule has 4 nitrogen and oxygen atoms in total. The van der Waals surface area contributed by atoms with Crippen molar-refractivity contribution in [2.45, 2.75) is 33.7 Å². The van der Waals surface area contributed by atoms with Gasteiger partial charge < -0.3 is 0 Å². The van der Waals surface area contributed by atoms with Gasteiger partial charge in [0.15, 0.2) is 0 Å². The van der Waals surface area contributed by atoms with E-state index in [1.807, 2.05) is 22.9 Å². The lowest BCUT2D eigenvalue weighted by atomic mass is 10.1. The Balaban J connectivity index is 2.56. The molecule has 0 fully saturated rings. The van der Waals surface area contributed by atoms with Crippen LogP contribution in [0.3, 0.4) is 0 Å². The maximum Gasteiger partial charge on any atom is 0.284 e. The summed E-state index contributed by atoms with van der Waals surface area (Å²) in [5, 5.41) is 17.6. The summed E-state index contributed by atoms with van der Waals surface area (Å²) >= 11 is 1.57. The van der Waals surface area contributed by atoms with Crippen LogP contribution in [-0.2, 0) is 6.54 Å². The van der Waals surface area contributed by atoms with Crippen LogP contribution >= 0.6 is 11.3 Å². The highest BCUT2D eigenvalue weighted by Gasteiger charge is 2.15. The first-order chi connectivity index (χ1) is 9.54. The maximum atomic E-state index is 12.2. The molecule has 0 radical (unpaired) electrons. The molecule has 0 spiro atoms. The number of nitriles is 1. The predicted molar refractivity (Wildman–Crippen MR) is 80.7 cm³/mol. The Bertz CT molecular complexity index is 693. The number of nitrogens with zero attached hydrogens (tertiary/aromatic N) is 3. The van der Waals surface area contributed by atoms with Crippen molar-refractivity contribution in [3.05, 3.63) is 38.3 Å². The Morgan fingerprint density at radius 3 is 2.80 bits per heavy atom. The third kappa shape index (κ3) is 2.81. The smallest absolute Gasteiger partial charge is 0.266 e. The highest BCUT2D eigenvalue weighted by atomic mass is 32.1. The van der Waals surface area contributed by atoms with Gasteiger partial charge in [0.05, 0.1) is 5.69 Å². The summed E-state index contributed by atoms with van der Waals surface area (Å²) in [5.74, 6) is 0.486. The van der Waals surface area contributed by atoms with Crippen LogP contribution < -0.4 is 5.56 Å². The van der Waals surface area contributed by atoms with Crippen molar-refractivity contribution < 1.29 is 0 Å². The highest BCUT2D eigenvalue weighted by molar-refractivity contribution is 7.08. The average molecular weight is 287 g/mol. The lowest BCUT2D eigenvalue weighted by Crippen LogP contribution is -2.27. The van der Waals surface area contributed by atoms with Gasteiger partial charge in [-0.3, -0.25) is 4.79 Å².